The number of nitrogens with one attached hydrogen (secondary N) is 1. The summed E-state index contributed by atoms with van der Waals surface area (Å²) in [6.45, 7) is 8.50. The number of hydrogen-bond acceptors (Lipinski definition) is 1. The summed E-state index contributed by atoms with van der Waals surface area (Å²) in [7, 11) is 0. The van der Waals surface area contributed by atoms with E-state index >= 15 is 0 Å². The molecule has 0 radical (unpaired) electrons. The van der Waals surface area contributed by atoms with Crippen molar-refractivity contribution in [3.8, 4) is 0 Å². The zero-order valence-corrected chi connectivity index (χ0v) is 10.0. The van der Waals surface area contributed by atoms with Crippen molar-refractivity contribution >= 4 is 6.08 Å². The largest absolute Gasteiger partial charge is 0.313 e. The van der Waals surface area contributed by atoms with Gasteiger partial charge in [-0.15, -0.1) is 0 Å². The first kappa shape index (κ1) is 12.0. The standard InChI is InChI=1S/C14H21N/c1-4-13(11-15-5-2)10-14-8-6-12(3)7-9-14/h6-10,15H,4-5,11H2,1-3H3. The number of hydrogen-bond donors (Lipinski definition) is 1. The van der Waals surface area contributed by atoms with E-state index in [1.165, 1.54) is 16.7 Å². The van der Waals surface area contributed by atoms with Gasteiger partial charge in [0.05, 0.1) is 0 Å². The van der Waals surface area contributed by atoms with Crippen molar-refractivity contribution in [3.63, 3.8) is 0 Å². The van der Waals surface area contributed by atoms with E-state index < -0.39 is 0 Å². The maximum atomic E-state index is 3.36. The average molecular weight is 203 g/mol. The summed E-state index contributed by atoms with van der Waals surface area (Å²) < 4.78 is 0. The fraction of sp³-hybridized carbons (Fsp3) is 0.429. The fourth-order valence-corrected chi connectivity index (χ4v) is 1.46. The molecule has 0 aliphatic carbocycles. The Balaban J connectivity index is 2.69. The molecule has 1 rings (SSSR count). The second-order valence-electron chi connectivity index (χ2n) is 3.85. The summed E-state index contributed by atoms with van der Waals surface area (Å²) >= 11 is 0. The summed E-state index contributed by atoms with van der Waals surface area (Å²) in [6, 6.07) is 8.67. The van der Waals surface area contributed by atoms with Crippen molar-refractivity contribution in [2.45, 2.75) is 27.2 Å². The molecule has 0 aliphatic heterocycles. The van der Waals surface area contributed by atoms with E-state index in [-0.39, 0.29) is 0 Å². The van der Waals surface area contributed by atoms with Crippen molar-refractivity contribution in [2.24, 2.45) is 0 Å². The second kappa shape index (κ2) is 6.41. The van der Waals surface area contributed by atoms with Gasteiger partial charge < -0.3 is 5.32 Å². The van der Waals surface area contributed by atoms with Gasteiger partial charge in [0, 0.05) is 6.54 Å². The minimum Gasteiger partial charge on any atom is -0.313 e. The van der Waals surface area contributed by atoms with Gasteiger partial charge in [-0.3, -0.25) is 0 Å². The molecule has 0 spiro atoms. The van der Waals surface area contributed by atoms with Crippen LogP contribution in [0.1, 0.15) is 31.4 Å². The summed E-state index contributed by atoms with van der Waals surface area (Å²) in [4.78, 5) is 0. The number of aryl methyl sites for hydroxylation is 1. The molecule has 1 nitrogen and oxygen atoms in total. The van der Waals surface area contributed by atoms with Crippen LogP contribution in [-0.4, -0.2) is 13.1 Å². The zero-order chi connectivity index (χ0) is 11.1. The van der Waals surface area contributed by atoms with Gasteiger partial charge in [-0.05, 0) is 25.5 Å². The Morgan fingerprint density at radius 3 is 2.40 bits per heavy atom. The normalized spacial score (nSPS) is 11.8. The summed E-state index contributed by atoms with van der Waals surface area (Å²) in [5.41, 5.74) is 4.08. The van der Waals surface area contributed by atoms with Crippen molar-refractivity contribution in [2.75, 3.05) is 13.1 Å². The Kier molecular flexibility index (Phi) is 5.13. The van der Waals surface area contributed by atoms with Crippen LogP contribution in [0.15, 0.2) is 29.8 Å². The van der Waals surface area contributed by atoms with Gasteiger partial charge in [-0.1, -0.05) is 55.3 Å². The number of likely N-dealkylation sites (N-methyl/N-ethyl adjacent to an activating group) is 1. The highest BCUT2D eigenvalue weighted by atomic mass is 14.8. The van der Waals surface area contributed by atoms with Crippen molar-refractivity contribution < 1.29 is 0 Å². The molecule has 0 heterocycles. The molecule has 0 unspecified atom stereocenters. The molecule has 1 heteroatoms. The quantitative estimate of drug-likeness (QED) is 0.773. The van der Waals surface area contributed by atoms with Crippen molar-refractivity contribution in [3.05, 3.63) is 41.0 Å². The summed E-state index contributed by atoms with van der Waals surface area (Å²) in [5.74, 6) is 0. The lowest BCUT2D eigenvalue weighted by Crippen LogP contribution is -2.15. The first-order valence-corrected chi connectivity index (χ1v) is 5.73. The van der Waals surface area contributed by atoms with Crippen LogP contribution in [0, 0.1) is 6.92 Å². The van der Waals surface area contributed by atoms with E-state index in [1.54, 1.807) is 0 Å². The van der Waals surface area contributed by atoms with Gasteiger partial charge in [0.2, 0.25) is 0 Å². The maximum Gasteiger partial charge on any atom is 0.0167 e. The minimum atomic E-state index is 1.00. The number of benzene rings is 1. The highest BCUT2D eigenvalue weighted by Crippen LogP contribution is 2.10. The SMILES string of the molecule is CCNCC(=Cc1ccc(C)cc1)CC. The third-order valence-electron chi connectivity index (χ3n) is 2.50. The van der Waals surface area contributed by atoms with Gasteiger partial charge in [-0.25, -0.2) is 0 Å². The van der Waals surface area contributed by atoms with E-state index in [4.69, 9.17) is 0 Å². The van der Waals surface area contributed by atoms with Crippen LogP contribution in [0.2, 0.25) is 0 Å². The zero-order valence-electron chi connectivity index (χ0n) is 10.0. The first-order chi connectivity index (χ1) is 7.26. The lowest BCUT2D eigenvalue weighted by molar-refractivity contribution is 0.762. The van der Waals surface area contributed by atoms with E-state index in [2.05, 4.69) is 56.4 Å². The van der Waals surface area contributed by atoms with E-state index in [9.17, 15) is 0 Å². The molecular weight excluding hydrogens is 182 g/mol. The molecule has 82 valence electrons. The third kappa shape index (κ3) is 4.30. The molecule has 0 saturated heterocycles. The lowest BCUT2D eigenvalue weighted by atomic mass is 10.1. The Hall–Kier alpha value is -1.08. The predicted molar refractivity (Wildman–Crippen MR) is 68.0 cm³/mol. The fourth-order valence-electron chi connectivity index (χ4n) is 1.46. The lowest BCUT2D eigenvalue weighted by Gasteiger charge is -2.05. The summed E-state index contributed by atoms with van der Waals surface area (Å²) in [6.07, 6.45) is 3.39. The molecule has 0 aromatic heterocycles. The van der Waals surface area contributed by atoms with Gasteiger partial charge in [0.15, 0.2) is 0 Å². The first-order valence-electron chi connectivity index (χ1n) is 5.73. The van der Waals surface area contributed by atoms with Gasteiger partial charge in [0.1, 0.15) is 0 Å². The van der Waals surface area contributed by atoms with Crippen LogP contribution >= 0.6 is 0 Å². The molecule has 0 fully saturated rings. The number of rotatable bonds is 5. The van der Waals surface area contributed by atoms with Crippen LogP contribution in [-0.2, 0) is 0 Å². The molecular formula is C14H21N. The minimum absolute atomic E-state index is 1.00. The monoisotopic (exact) mass is 203 g/mol. The molecule has 15 heavy (non-hydrogen) atoms. The Morgan fingerprint density at radius 1 is 1.20 bits per heavy atom. The van der Waals surface area contributed by atoms with Gasteiger partial charge in [-0.2, -0.15) is 0 Å². The average Bonchev–Trinajstić information content (AvgIpc) is 2.27. The molecule has 1 N–H and O–H groups in total. The van der Waals surface area contributed by atoms with Crippen LogP contribution in [0.3, 0.4) is 0 Å². The molecule has 1 aromatic carbocycles. The second-order valence-corrected chi connectivity index (χ2v) is 3.85. The van der Waals surface area contributed by atoms with Crippen LogP contribution < -0.4 is 5.32 Å². The molecule has 0 bridgehead atoms. The molecule has 0 aliphatic rings. The van der Waals surface area contributed by atoms with E-state index in [1.807, 2.05) is 0 Å². The molecule has 0 saturated carbocycles. The Labute approximate surface area is 93.2 Å². The maximum absolute atomic E-state index is 3.36. The van der Waals surface area contributed by atoms with Gasteiger partial charge >= 0.3 is 0 Å². The smallest absolute Gasteiger partial charge is 0.0167 e. The topological polar surface area (TPSA) is 12.0 Å². The Bertz CT molecular complexity index is 309. The molecule has 0 amide bonds. The van der Waals surface area contributed by atoms with Gasteiger partial charge in [0.25, 0.3) is 0 Å². The Morgan fingerprint density at radius 2 is 1.87 bits per heavy atom. The van der Waals surface area contributed by atoms with E-state index in [0.717, 1.165) is 19.5 Å². The third-order valence-corrected chi connectivity index (χ3v) is 2.50. The highest BCUT2D eigenvalue weighted by Gasteiger charge is 1.94. The molecule has 0 atom stereocenters. The highest BCUT2D eigenvalue weighted by molar-refractivity contribution is 5.53. The van der Waals surface area contributed by atoms with Crippen LogP contribution in [0.25, 0.3) is 6.08 Å². The predicted octanol–water partition coefficient (Wildman–Crippen LogP) is 3.40. The van der Waals surface area contributed by atoms with Crippen molar-refractivity contribution in [1.82, 2.24) is 5.32 Å². The van der Waals surface area contributed by atoms with Crippen LogP contribution in [0.5, 0.6) is 0 Å². The van der Waals surface area contributed by atoms with E-state index in [0.29, 0.717) is 0 Å². The molecule has 1 aromatic rings. The van der Waals surface area contributed by atoms with Crippen LogP contribution in [0.4, 0.5) is 0 Å². The summed E-state index contributed by atoms with van der Waals surface area (Å²) in [5, 5.41) is 3.36. The van der Waals surface area contributed by atoms with Crippen molar-refractivity contribution in [1.29, 1.82) is 0 Å².